The minimum absolute atomic E-state index is 0.227. The van der Waals surface area contributed by atoms with Crippen molar-refractivity contribution in [3.05, 3.63) is 34.9 Å². The van der Waals surface area contributed by atoms with Crippen LogP contribution in [0.15, 0.2) is 39.8 Å². The van der Waals surface area contributed by atoms with Crippen molar-refractivity contribution in [3.8, 4) is 0 Å². The first kappa shape index (κ1) is 13.9. The molecule has 0 bridgehead atoms. The van der Waals surface area contributed by atoms with Gasteiger partial charge in [0.05, 0.1) is 18.7 Å². The van der Waals surface area contributed by atoms with Crippen molar-refractivity contribution in [1.82, 2.24) is 9.29 Å². The average Bonchev–Trinajstić information content (AvgIpc) is 2.47. The molecule has 0 unspecified atom stereocenters. The highest BCUT2D eigenvalue weighted by Gasteiger charge is 2.26. The number of hydrogen-bond donors (Lipinski definition) is 0. The molecule has 0 radical (unpaired) electrons. The molecule has 3 rings (SSSR count). The molecule has 1 aliphatic heterocycles. The van der Waals surface area contributed by atoms with E-state index >= 15 is 0 Å². The first-order valence-electron chi connectivity index (χ1n) is 6.20. The summed E-state index contributed by atoms with van der Waals surface area (Å²) in [4.78, 5) is 4.45. The Hall–Kier alpha value is -1.02. The first-order chi connectivity index (χ1) is 9.57. The van der Waals surface area contributed by atoms with E-state index in [9.17, 15) is 8.42 Å². The number of nitrogens with zero attached hydrogens (tertiary/aromatic N) is 2. The number of hydrogen-bond acceptors (Lipinski definition) is 4. The fourth-order valence-corrected chi connectivity index (χ4v) is 3.93. The van der Waals surface area contributed by atoms with E-state index in [0.717, 1.165) is 15.4 Å². The van der Waals surface area contributed by atoms with Gasteiger partial charge >= 0.3 is 0 Å². The number of ether oxygens (including phenoxy) is 1. The Morgan fingerprint density at radius 1 is 1.20 bits per heavy atom. The molecular weight excluding hydrogens is 344 g/mol. The van der Waals surface area contributed by atoms with Crippen LogP contribution in [-0.2, 0) is 14.8 Å². The molecule has 2 aromatic rings. The van der Waals surface area contributed by atoms with Crippen LogP contribution in [0.2, 0.25) is 0 Å². The van der Waals surface area contributed by atoms with Crippen LogP contribution in [0, 0.1) is 0 Å². The van der Waals surface area contributed by atoms with Crippen molar-refractivity contribution in [1.29, 1.82) is 0 Å². The molecule has 0 N–H and O–H groups in total. The van der Waals surface area contributed by atoms with Crippen LogP contribution in [0.3, 0.4) is 0 Å². The summed E-state index contributed by atoms with van der Waals surface area (Å²) in [5.41, 5.74) is 0.772. The quantitative estimate of drug-likeness (QED) is 0.825. The molecule has 0 amide bonds. The zero-order valence-electron chi connectivity index (χ0n) is 10.6. The van der Waals surface area contributed by atoms with Crippen LogP contribution in [0.5, 0.6) is 0 Å². The van der Waals surface area contributed by atoms with Gasteiger partial charge in [-0.05, 0) is 24.3 Å². The maximum Gasteiger partial charge on any atom is 0.244 e. The molecule has 5 nitrogen and oxygen atoms in total. The molecule has 1 fully saturated rings. The third kappa shape index (κ3) is 2.58. The SMILES string of the molecule is O=S(=O)(c1cnc2ccc(Br)cc2c1)N1CCOCC1. The third-order valence-corrected chi connectivity index (χ3v) is 5.58. The average molecular weight is 357 g/mol. The monoisotopic (exact) mass is 356 g/mol. The fourth-order valence-electron chi connectivity index (χ4n) is 2.16. The van der Waals surface area contributed by atoms with Crippen LogP contribution in [0.25, 0.3) is 10.9 Å². The van der Waals surface area contributed by atoms with Crippen LogP contribution < -0.4 is 0 Å². The molecule has 0 spiro atoms. The predicted octanol–water partition coefficient (Wildman–Crippen LogP) is 2.02. The number of morpholine rings is 1. The normalized spacial score (nSPS) is 17.4. The highest BCUT2D eigenvalue weighted by atomic mass is 79.9. The lowest BCUT2D eigenvalue weighted by atomic mass is 10.2. The topological polar surface area (TPSA) is 59.5 Å². The summed E-state index contributed by atoms with van der Waals surface area (Å²) in [6.07, 6.45) is 1.42. The van der Waals surface area contributed by atoms with E-state index in [1.54, 1.807) is 6.07 Å². The van der Waals surface area contributed by atoms with E-state index in [1.807, 2.05) is 18.2 Å². The van der Waals surface area contributed by atoms with Crippen molar-refractivity contribution in [2.45, 2.75) is 4.90 Å². The van der Waals surface area contributed by atoms with Gasteiger partial charge in [-0.3, -0.25) is 4.98 Å². The number of rotatable bonds is 2. The van der Waals surface area contributed by atoms with E-state index < -0.39 is 10.0 Å². The Bertz CT molecular complexity index is 742. The fraction of sp³-hybridized carbons (Fsp3) is 0.308. The van der Waals surface area contributed by atoms with Gasteiger partial charge in [0.25, 0.3) is 0 Å². The molecule has 0 aliphatic carbocycles. The van der Waals surface area contributed by atoms with E-state index in [2.05, 4.69) is 20.9 Å². The highest BCUT2D eigenvalue weighted by molar-refractivity contribution is 9.10. The molecular formula is C13H13BrN2O3S. The summed E-state index contributed by atoms with van der Waals surface area (Å²) < 4.78 is 32.6. The Kier molecular flexibility index (Phi) is 3.76. The summed E-state index contributed by atoms with van der Waals surface area (Å²) in [5, 5.41) is 0.800. The second-order valence-electron chi connectivity index (χ2n) is 4.52. The number of halogens is 1. The third-order valence-electron chi connectivity index (χ3n) is 3.23. The maximum absolute atomic E-state index is 12.5. The number of fused-ring (bicyclic) bond motifs is 1. The van der Waals surface area contributed by atoms with Gasteiger partial charge < -0.3 is 4.74 Å². The summed E-state index contributed by atoms with van der Waals surface area (Å²) in [6.45, 7) is 1.65. The second kappa shape index (κ2) is 5.40. The van der Waals surface area contributed by atoms with Crippen LogP contribution in [0.4, 0.5) is 0 Å². The van der Waals surface area contributed by atoms with Crippen LogP contribution in [0.1, 0.15) is 0 Å². The Labute approximate surface area is 125 Å². The van der Waals surface area contributed by atoms with Crippen LogP contribution in [-0.4, -0.2) is 44.0 Å². The van der Waals surface area contributed by atoms with Crippen LogP contribution >= 0.6 is 15.9 Å². The van der Waals surface area contributed by atoms with E-state index in [0.29, 0.717) is 26.3 Å². The van der Waals surface area contributed by atoms with Gasteiger partial charge in [-0.15, -0.1) is 0 Å². The Morgan fingerprint density at radius 3 is 2.70 bits per heavy atom. The van der Waals surface area contributed by atoms with Crippen molar-refractivity contribution in [2.75, 3.05) is 26.3 Å². The minimum atomic E-state index is -3.49. The maximum atomic E-state index is 12.5. The lowest BCUT2D eigenvalue weighted by molar-refractivity contribution is 0.0730. The van der Waals surface area contributed by atoms with Gasteiger partial charge in [0.1, 0.15) is 4.90 Å². The predicted molar refractivity (Wildman–Crippen MR) is 79.0 cm³/mol. The minimum Gasteiger partial charge on any atom is -0.379 e. The van der Waals surface area contributed by atoms with Gasteiger partial charge in [0.2, 0.25) is 10.0 Å². The van der Waals surface area contributed by atoms with Gasteiger partial charge in [-0.1, -0.05) is 15.9 Å². The molecule has 2 heterocycles. The molecule has 20 heavy (non-hydrogen) atoms. The summed E-state index contributed by atoms with van der Waals surface area (Å²) >= 11 is 3.38. The highest BCUT2D eigenvalue weighted by Crippen LogP contribution is 2.23. The van der Waals surface area contributed by atoms with Gasteiger partial charge in [0.15, 0.2) is 0 Å². The van der Waals surface area contributed by atoms with E-state index in [4.69, 9.17) is 4.74 Å². The first-order valence-corrected chi connectivity index (χ1v) is 8.44. The zero-order chi connectivity index (χ0) is 14.2. The molecule has 1 aromatic carbocycles. The molecule has 1 aromatic heterocycles. The van der Waals surface area contributed by atoms with Gasteiger partial charge in [-0.25, -0.2) is 8.42 Å². The van der Waals surface area contributed by atoms with Crippen molar-refractivity contribution in [2.24, 2.45) is 0 Å². The molecule has 0 saturated carbocycles. The van der Waals surface area contributed by atoms with Gasteiger partial charge in [0, 0.05) is 29.1 Å². The molecule has 0 atom stereocenters. The number of aromatic nitrogens is 1. The number of pyridine rings is 1. The Balaban J connectivity index is 2.04. The second-order valence-corrected chi connectivity index (χ2v) is 7.38. The molecule has 1 aliphatic rings. The van der Waals surface area contributed by atoms with Crippen molar-refractivity contribution < 1.29 is 13.2 Å². The Morgan fingerprint density at radius 2 is 1.95 bits per heavy atom. The summed E-state index contributed by atoms with van der Waals surface area (Å²) in [7, 11) is -3.49. The molecule has 106 valence electrons. The smallest absolute Gasteiger partial charge is 0.244 e. The lowest BCUT2D eigenvalue weighted by Gasteiger charge is -2.25. The largest absolute Gasteiger partial charge is 0.379 e. The summed E-state index contributed by atoms with van der Waals surface area (Å²) in [6, 6.07) is 7.26. The molecule has 1 saturated heterocycles. The van der Waals surface area contributed by atoms with E-state index in [-0.39, 0.29) is 4.90 Å². The van der Waals surface area contributed by atoms with E-state index in [1.165, 1.54) is 10.5 Å². The summed E-state index contributed by atoms with van der Waals surface area (Å²) in [5.74, 6) is 0. The zero-order valence-corrected chi connectivity index (χ0v) is 13.0. The van der Waals surface area contributed by atoms with Gasteiger partial charge in [-0.2, -0.15) is 4.31 Å². The number of sulfonamides is 1. The lowest BCUT2D eigenvalue weighted by Crippen LogP contribution is -2.40. The standard InChI is InChI=1S/C13H13BrN2O3S/c14-11-1-2-13-10(7-11)8-12(9-15-13)20(17,18)16-3-5-19-6-4-16/h1-2,7-9H,3-6H2. The number of benzene rings is 1. The molecule has 7 heteroatoms. The van der Waals surface area contributed by atoms with Crippen molar-refractivity contribution >= 4 is 36.9 Å². The van der Waals surface area contributed by atoms with Crippen molar-refractivity contribution in [3.63, 3.8) is 0 Å².